The molecule has 0 aromatic carbocycles. The molecule has 0 N–H and O–H groups in total. The normalized spacial score (nSPS) is 32.1. The molecule has 2 bridgehead atoms. The van der Waals surface area contributed by atoms with Crippen molar-refractivity contribution in [1.82, 2.24) is 14.9 Å². The lowest BCUT2D eigenvalue weighted by Crippen LogP contribution is -2.46. The summed E-state index contributed by atoms with van der Waals surface area (Å²) in [4.78, 5) is 11.5. The van der Waals surface area contributed by atoms with Gasteiger partial charge in [0.05, 0.1) is 0 Å². The number of hydrogen-bond donors (Lipinski definition) is 0. The van der Waals surface area contributed by atoms with E-state index in [0.29, 0.717) is 12.0 Å². The Balaban J connectivity index is 1.77. The first-order chi connectivity index (χ1) is 8.65. The fourth-order valence-electron chi connectivity index (χ4n) is 3.94. The largest absolute Gasteiger partial charge is 0.295 e. The maximum absolute atomic E-state index is 4.35. The van der Waals surface area contributed by atoms with E-state index in [9.17, 15) is 0 Å². The summed E-state index contributed by atoms with van der Waals surface area (Å²) in [5.74, 6) is 1.56. The molecular weight excluding hydrogens is 222 g/mol. The molecule has 1 aromatic rings. The van der Waals surface area contributed by atoms with E-state index in [1.54, 1.807) is 0 Å². The van der Waals surface area contributed by atoms with Crippen LogP contribution in [0.3, 0.4) is 0 Å². The Hall–Kier alpha value is -0.960. The number of aryl methyl sites for hydroxylation is 1. The monoisotopic (exact) mass is 245 g/mol. The zero-order valence-corrected chi connectivity index (χ0v) is 11.6. The standard InChI is InChI=1S/C15H23N3/c1-10(2)18-14-4-5-15(18)7-12(6-14)13-8-16-11(3)17-9-13/h8-10,12,14-15H,4-7H2,1-3H3. The van der Waals surface area contributed by atoms with Crippen molar-refractivity contribution in [2.45, 2.75) is 70.5 Å². The average Bonchev–Trinajstić information content (AvgIpc) is 2.62. The van der Waals surface area contributed by atoms with Crippen LogP contribution in [-0.4, -0.2) is 33.0 Å². The van der Waals surface area contributed by atoms with Gasteiger partial charge in [-0.2, -0.15) is 0 Å². The molecule has 2 saturated heterocycles. The molecule has 98 valence electrons. The topological polar surface area (TPSA) is 29.0 Å². The van der Waals surface area contributed by atoms with E-state index in [0.717, 1.165) is 17.9 Å². The summed E-state index contributed by atoms with van der Waals surface area (Å²) in [6.07, 6.45) is 9.43. The molecule has 2 aliphatic heterocycles. The maximum Gasteiger partial charge on any atom is 0.125 e. The van der Waals surface area contributed by atoms with Crippen LogP contribution in [-0.2, 0) is 0 Å². The number of fused-ring (bicyclic) bond motifs is 2. The zero-order chi connectivity index (χ0) is 12.7. The summed E-state index contributed by atoms with van der Waals surface area (Å²) >= 11 is 0. The number of aromatic nitrogens is 2. The third-order valence-electron chi connectivity index (χ3n) is 4.66. The maximum atomic E-state index is 4.35. The number of piperidine rings is 1. The molecule has 0 saturated carbocycles. The predicted molar refractivity (Wildman–Crippen MR) is 72.5 cm³/mol. The molecular formula is C15H23N3. The molecule has 18 heavy (non-hydrogen) atoms. The summed E-state index contributed by atoms with van der Waals surface area (Å²) in [5, 5.41) is 0. The minimum Gasteiger partial charge on any atom is -0.295 e. The summed E-state index contributed by atoms with van der Waals surface area (Å²) < 4.78 is 0. The van der Waals surface area contributed by atoms with Gasteiger partial charge in [0, 0.05) is 30.5 Å². The van der Waals surface area contributed by atoms with Gasteiger partial charge in [0.1, 0.15) is 5.82 Å². The van der Waals surface area contributed by atoms with Crippen molar-refractivity contribution in [2.75, 3.05) is 0 Å². The van der Waals surface area contributed by atoms with E-state index in [4.69, 9.17) is 0 Å². The quantitative estimate of drug-likeness (QED) is 0.802. The van der Waals surface area contributed by atoms with Gasteiger partial charge in [-0.25, -0.2) is 9.97 Å². The first-order valence-corrected chi connectivity index (χ1v) is 7.21. The lowest BCUT2D eigenvalue weighted by molar-refractivity contribution is 0.0924. The summed E-state index contributed by atoms with van der Waals surface area (Å²) in [6, 6.07) is 2.27. The lowest BCUT2D eigenvalue weighted by atomic mass is 9.86. The van der Waals surface area contributed by atoms with Gasteiger partial charge in [-0.1, -0.05) is 0 Å². The van der Waals surface area contributed by atoms with Gasteiger partial charge in [-0.05, 0) is 57.9 Å². The van der Waals surface area contributed by atoms with E-state index >= 15 is 0 Å². The van der Waals surface area contributed by atoms with Crippen molar-refractivity contribution >= 4 is 0 Å². The van der Waals surface area contributed by atoms with E-state index in [-0.39, 0.29) is 0 Å². The first-order valence-electron chi connectivity index (χ1n) is 7.21. The molecule has 2 fully saturated rings. The Kier molecular flexibility index (Phi) is 3.10. The van der Waals surface area contributed by atoms with Crippen LogP contribution in [0.1, 0.15) is 56.8 Å². The highest BCUT2D eigenvalue weighted by atomic mass is 15.2. The van der Waals surface area contributed by atoms with E-state index < -0.39 is 0 Å². The summed E-state index contributed by atoms with van der Waals surface area (Å²) in [6.45, 7) is 6.62. The van der Waals surface area contributed by atoms with Crippen molar-refractivity contribution in [3.8, 4) is 0 Å². The van der Waals surface area contributed by atoms with Crippen LogP contribution in [0.15, 0.2) is 12.4 Å². The predicted octanol–water partition coefficient (Wildman–Crippen LogP) is 2.90. The fraction of sp³-hybridized carbons (Fsp3) is 0.733. The van der Waals surface area contributed by atoms with Crippen molar-refractivity contribution in [1.29, 1.82) is 0 Å². The fourth-order valence-corrected chi connectivity index (χ4v) is 3.94. The highest BCUT2D eigenvalue weighted by Crippen LogP contribution is 2.43. The molecule has 2 aliphatic rings. The zero-order valence-electron chi connectivity index (χ0n) is 11.6. The van der Waals surface area contributed by atoms with Crippen molar-refractivity contribution in [3.05, 3.63) is 23.8 Å². The minimum absolute atomic E-state index is 0.679. The van der Waals surface area contributed by atoms with Crippen LogP contribution in [0, 0.1) is 6.92 Å². The van der Waals surface area contributed by atoms with Gasteiger partial charge in [0.15, 0.2) is 0 Å². The second kappa shape index (κ2) is 4.61. The smallest absolute Gasteiger partial charge is 0.125 e. The molecule has 0 aliphatic carbocycles. The number of nitrogens with zero attached hydrogens (tertiary/aromatic N) is 3. The third-order valence-corrected chi connectivity index (χ3v) is 4.66. The first kappa shape index (κ1) is 12.1. The van der Waals surface area contributed by atoms with Crippen molar-refractivity contribution < 1.29 is 0 Å². The van der Waals surface area contributed by atoms with Gasteiger partial charge in [-0.15, -0.1) is 0 Å². The van der Waals surface area contributed by atoms with Crippen LogP contribution in [0.5, 0.6) is 0 Å². The Bertz CT molecular complexity index is 398. The molecule has 0 amide bonds. The van der Waals surface area contributed by atoms with E-state index in [1.165, 1.54) is 31.2 Å². The molecule has 2 atom stereocenters. The molecule has 2 unspecified atom stereocenters. The Morgan fingerprint density at radius 1 is 1.11 bits per heavy atom. The van der Waals surface area contributed by atoms with Crippen LogP contribution in [0.25, 0.3) is 0 Å². The molecule has 3 rings (SSSR count). The van der Waals surface area contributed by atoms with Crippen LogP contribution >= 0.6 is 0 Å². The number of hydrogen-bond acceptors (Lipinski definition) is 3. The molecule has 1 aromatic heterocycles. The Morgan fingerprint density at radius 3 is 2.17 bits per heavy atom. The lowest BCUT2D eigenvalue weighted by Gasteiger charge is -2.41. The van der Waals surface area contributed by atoms with Gasteiger partial charge in [0.2, 0.25) is 0 Å². The van der Waals surface area contributed by atoms with E-state index in [2.05, 4.69) is 28.7 Å². The van der Waals surface area contributed by atoms with Crippen LogP contribution in [0.2, 0.25) is 0 Å². The molecule has 3 heteroatoms. The third kappa shape index (κ3) is 2.05. The second-order valence-electron chi connectivity index (χ2n) is 6.16. The summed E-state index contributed by atoms with van der Waals surface area (Å²) in [5.41, 5.74) is 1.35. The molecule has 0 radical (unpaired) electrons. The van der Waals surface area contributed by atoms with Gasteiger partial charge >= 0.3 is 0 Å². The van der Waals surface area contributed by atoms with Crippen LogP contribution in [0.4, 0.5) is 0 Å². The summed E-state index contributed by atoms with van der Waals surface area (Å²) in [7, 11) is 0. The van der Waals surface area contributed by atoms with Crippen LogP contribution < -0.4 is 0 Å². The van der Waals surface area contributed by atoms with E-state index in [1.807, 2.05) is 19.3 Å². The Labute approximate surface area is 110 Å². The SMILES string of the molecule is Cc1ncc(C2CC3CCC(C2)N3C(C)C)cn1. The molecule has 3 nitrogen and oxygen atoms in total. The minimum atomic E-state index is 0.679. The molecule has 0 spiro atoms. The van der Waals surface area contributed by atoms with Crippen molar-refractivity contribution in [2.24, 2.45) is 0 Å². The average molecular weight is 245 g/mol. The molecule has 3 heterocycles. The highest BCUT2D eigenvalue weighted by molar-refractivity contribution is 5.16. The Morgan fingerprint density at radius 2 is 1.67 bits per heavy atom. The van der Waals surface area contributed by atoms with Gasteiger partial charge < -0.3 is 0 Å². The van der Waals surface area contributed by atoms with Gasteiger partial charge in [0.25, 0.3) is 0 Å². The van der Waals surface area contributed by atoms with Crippen molar-refractivity contribution in [3.63, 3.8) is 0 Å². The highest BCUT2D eigenvalue weighted by Gasteiger charge is 2.42. The second-order valence-corrected chi connectivity index (χ2v) is 6.16. The number of rotatable bonds is 2. The van der Waals surface area contributed by atoms with Gasteiger partial charge in [-0.3, -0.25) is 4.90 Å².